The van der Waals surface area contributed by atoms with Crippen molar-refractivity contribution in [2.24, 2.45) is 0 Å². The van der Waals surface area contributed by atoms with Gasteiger partial charge in [-0.3, -0.25) is 9.36 Å². The number of benzene rings is 2. The lowest BCUT2D eigenvalue weighted by Gasteiger charge is -2.14. The topological polar surface area (TPSA) is 90.7 Å². The second kappa shape index (κ2) is 8.62. The molecule has 146 valence electrons. The fraction of sp³-hybridized carbons (Fsp3) is 0.250. The van der Waals surface area contributed by atoms with E-state index >= 15 is 0 Å². The first-order valence-corrected chi connectivity index (χ1v) is 8.70. The molecule has 1 atom stereocenters. The van der Waals surface area contributed by atoms with Gasteiger partial charge in [-0.05, 0) is 43.3 Å². The summed E-state index contributed by atoms with van der Waals surface area (Å²) in [5.41, 5.74) is 0.288. The largest absolute Gasteiger partial charge is 0.491 e. The van der Waals surface area contributed by atoms with Gasteiger partial charge in [-0.15, -0.1) is 0 Å². The van der Waals surface area contributed by atoms with Gasteiger partial charge in [-0.25, -0.2) is 14.2 Å². The Morgan fingerprint density at radius 3 is 2.71 bits per heavy atom. The Hall–Kier alpha value is -3.26. The predicted molar refractivity (Wildman–Crippen MR) is 99.9 cm³/mol. The van der Waals surface area contributed by atoms with Gasteiger partial charge in [-0.2, -0.15) is 0 Å². The van der Waals surface area contributed by atoms with Crippen molar-refractivity contribution in [1.29, 1.82) is 0 Å². The number of halogens is 1. The van der Waals surface area contributed by atoms with Crippen molar-refractivity contribution >= 4 is 16.9 Å². The van der Waals surface area contributed by atoms with Gasteiger partial charge in [0.05, 0.1) is 35.9 Å². The minimum atomic E-state index is -0.970. The lowest BCUT2D eigenvalue weighted by molar-refractivity contribution is 0.0526. The Labute approximate surface area is 160 Å². The van der Waals surface area contributed by atoms with Crippen molar-refractivity contribution in [2.45, 2.75) is 19.6 Å². The molecule has 0 saturated carbocycles. The maximum Gasteiger partial charge on any atom is 0.338 e. The summed E-state index contributed by atoms with van der Waals surface area (Å²) in [5.74, 6) is -0.428. The number of ether oxygens (including phenoxy) is 2. The number of aromatic nitrogens is 2. The highest BCUT2D eigenvalue weighted by atomic mass is 19.1. The zero-order valence-corrected chi connectivity index (χ0v) is 15.2. The smallest absolute Gasteiger partial charge is 0.338 e. The number of esters is 1. The Morgan fingerprint density at radius 2 is 2.00 bits per heavy atom. The number of fused-ring (bicyclic) bond motifs is 1. The Kier molecular flexibility index (Phi) is 6.00. The maximum atomic E-state index is 13.2. The summed E-state index contributed by atoms with van der Waals surface area (Å²) in [6.45, 7) is 1.93. The van der Waals surface area contributed by atoms with Gasteiger partial charge in [0, 0.05) is 6.07 Å². The summed E-state index contributed by atoms with van der Waals surface area (Å²) < 4.78 is 24.9. The van der Waals surface area contributed by atoms with E-state index in [2.05, 4.69) is 4.98 Å². The summed E-state index contributed by atoms with van der Waals surface area (Å²) in [5, 5.41) is 10.4. The highest BCUT2D eigenvalue weighted by molar-refractivity contribution is 5.89. The molecule has 7 nitrogen and oxygen atoms in total. The molecule has 0 aliphatic carbocycles. The molecule has 0 bridgehead atoms. The summed E-state index contributed by atoms with van der Waals surface area (Å²) in [6.07, 6.45) is 0.295. The molecule has 8 heteroatoms. The number of rotatable bonds is 7. The minimum Gasteiger partial charge on any atom is -0.491 e. The Bertz CT molecular complexity index is 1030. The van der Waals surface area contributed by atoms with Crippen LogP contribution >= 0.6 is 0 Å². The van der Waals surface area contributed by atoms with Crippen molar-refractivity contribution < 1.29 is 23.8 Å². The van der Waals surface area contributed by atoms with Crippen LogP contribution in [0.4, 0.5) is 4.39 Å². The molecule has 3 rings (SSSR count). The molecule has 0 saturated heterocycles. The van der Waals surface area contributed by atoms with Gasteiger partial charge in [0.1, 0.15) is 24.3 Å². The number of aliphatic hydroxyl groups excluding tert-OH is 1. The first kappa shape index (κ1) is 19.5. The predicted octanol–water partition coefficient (Wildman–Crippen LogP) is 2.15. The molecule has 3 aromatic rings. The standard InChI is InChI=1S/C20H19FN2O5/c1-2-27-20(26)13-3-6-16(7-4-13)28-11-15(24)10-23-12-22-18-9-14(21)5-8-17(18)19(23)25/h3-9,12,15,24H,2,10-11H2,1H3. The van der Waals surface area contributed by atoms with Crippen LogP contribution in [0, 0.1) is 5.82 Å². The number of carbonyl (C=O) groups is 1. The van der Waals surface area contributed by atoms with Crippen LogP contribution in [-0.2, 0) is 11.3 Å². The molecule has 0 aliphatic heterocycles. The second-order valence-corrected chi connectivity index (χ2v) is 6.07. The number of nitrogens with zero attached hydrogens (tertiary/aromatic N) is 2. The molecular weight excluding hydrogens is 367 g/mol. The molecule has 0 fully saturated rings. The van der Waals surface area contributed by atoms with E-state index in [-0.39, 0.29) is 29.6 Å². The Balaban J connectivity index is 1.61. The number of hydrogen-bond acceptors (Lipinski definition) is 6. The number of hydrogen-bond donors (Lipinski definition) is 1. The first-order valence-electron chi connectivity index (χ1n) is 8.70. The van der Waals surface area contributed by atoms with Crippen molar-refractivity contribution in [3.05, 3.63) is 70.5 Å². The fourth-order valence-corrected chi connectivity index (χ4v) is 2.64. The van der Waals surface area contributed by atoms with Crippen LogP contribution in [-0.4, -0.2) is 39.9 Å². The van der Waals surface area contributed by atoms with E-state index < -0.39 is 17.9 Å². The fourth-order valence-electron chi connectivity index (χ4n) is 2.64. The SMILES string of the molecule is CCOC(=O)c1ccc(OCC(O)Cn2cnc3cc(F)ccc3c2=O)cc1. The van der Waals surface area contributed by atoms with Crippen LogP contribution in [0.5, 0.6) is 5.75 Å². The Morgan fingerprint density at radius 1 is 1.25 bits per heavy atom. The van der Waals surface area contributed by atoms with E-state index in [0.29, 0.717) is 17.9 Å². The van der Waals surface area contributed by atoms with Gasteiger partial charge >= 0.3 is 5.97 Å². The minimum absolute atomic E-state index is 0.0277. The van der Waals surface area contributed by atoms with E-state index in [9.17, 15) is 19.1 Å². The molecule has 1 unspecified atom stereocenters. The molecule has 2 aromatic carbocycles. The van der Waals surface area contributed by atoms with Gasteiger partial charge in [-0.1, -0.05) is 0 Å². The van der Waals surface area contributed by atoms with Crippen molar-refractivity contribution in [3.8, 4) is 5.75 Å². The first-order chi connectivity index (χ1) is 13.5. The van der Waals surface area contributed by atoms with E-state index in [1.165, 1.54) is 29.1 Å². The molecule has 1 aromatic heterocycles. The third kappa shape index (κ3) is 4.52. The van der Waals surface area contributed by atoms with Gasteiger partial charge in [0.25, 0.3) is 5.56 Å². The monoisotopic (exact) mass is 386 g/mol. The van der Waals surface area contributed by atoms with Crippen LogP contribution in [0.1, 0.15) is 17.3 Å². The summed E-state index contributed by atoms with van der Waals surface area (Å²) >= 11 is 0. The average molecular weight is 386 g/mol. The summed E-state index contributed by atoms with van der Waals surface area (Å²) in [4.78, 5) is 28.1. The lowest BCUT2D eigenvalue weighted by atomic mass is 10.2. The average Bonchev–Trinajstić information content (AvgIpc) is 2.69. The zero-order chi connectivity index (χ0) is 20.1. The maximum absolute atomic E-state index is 13.2. The quantitative estimate of drug-likeness (QED) is 0.626. The summed E-state index contributed by atoms with van der Waals surface area (Å²) in [7, 11) is 0. The van der Waals surface area contributed by atoms with Crippen molar-refractivity contribution in [2.75, 3.05) is 13.2 Å². The molecule has 28 heavy (non-hydrogen) atoms. The van der Waals surface area contributed by atoms with Crippen molar-refractivity contribution in [3.63, 3.8) is 0 Å². The van der Waals surface area contributed by atoms with Crippen LogP contribution in [0.15, 0.2) is 53.6 Å². The number of carbonyl (C=O) groups excluding carboxylic acids is 1. The van der Waals surface area contributed by atoms with Crippen LogP contribution in [0.25, 0.3) is 10.9 Å². The van der Waals surface area contributed by atoms with E-state index in [1.807, 2.05) is 0 Å². The highest BCUT2D eigenvalue weighted by Gasteiger charge is 2.11. The van der Waals surface area contributed by atoms with Crippen LogP contribution in [0.3, 0.4) is 0 Å². The zero-order valence-electron chi connectivity index (χ0n) is 15.2. The van der Waals surface area contributed by atoms with Crippen LogP contribution < -0.4 is 10.3 Å². The highest BCUT2D eigenvalue weighted by Crippen LogP contribution is 2.14. The molecule has 1 heterocycles. The normalized spacial score (nSPS) is 12.0. The van der Waals surface area contributed by atoms with Gasteiger partial charge in [0.15, 0.2) is 0 Å². The van der Waals surface area contributed by atoms with Gasteiger partial charge in [0.2, 0.25) is 0 Å². The lowest BCUT2D eigenvalue weighted by Crippen LogP contribution is -2.30. The number of aliphatic hydroxyl groups is 1. The molecule has 0 spiro atoms. The molecular formula is C20H19FN2O5. The van der Waals surface area contributed by atoms with E-state index in [0.717, 1.165) is 0 Å². The molecule has 0 aliphatic rings. The molecule has 0 radical (unpaired) electrons. The summed E-state index contributed by atoms with van der Waals surface area (Å²) in [6, 6.07) is 10.1. The molecule has 0 amide bonds. The van der Waals surface area contributed by atoms with E-state index in [4.69, 9.17) is 9.47 Å². The third-order valence-corrected chi connectivity index (χ3v) is 4.00. The second-order valence-electron chi connectivity index (χ2n) is 6.07. The third-order valence-electron chi connectivity index (χ3n) is 4.00. The van der Waals surface area contributed by atoms with E-state index in [1.54, 1.807) is 31.2 Å². The molecule has 1 N–H and O–H groups in total. The van der Waals surface area contributed by atoms with Crippen LogP contribution in [0.2, 0.25) is 0 Å². The van der Waals surface area contributed by atoms with Gasteiger partial charge < -0.3 is 14.6 Å². The van der Waals surface area contributed by atoms with Crippen molar-refractivity contribution in [1.82, 2.24) is 9.55 Å².